The predicted octanol–water partition coefficient (Wildman–Crippen LogP) is 5.96. The fraction of sp³-hybridized carbons (Fsp3) is 0.548. The number of alkyl halides is 5. The number of ether oxygens (including phenoxy) is 1. The van der Waals surface area contributed by atoms with Gasteiger partial charge in [0.05, 0.1) is 11.5 Å². The topological polar surface area (TPSA) is 139 Å². The number of hydrogen-bond donors (Lipinski definition) is 3. The Kier molecular flexibility index (Phi) is 11.9. The normalized spacial score (nSPS) is 22.6. The van der Waals surface area contributed by atoms with Crippen molar-refractivity contribution in [1.82, 2.24) is 9.62 Å². The molecule has 1 amide bonds. The van der Waals surface area contributed by atoms with Crippen molar-refractivity contribution in [1.29, 1.82) is 0 Å². The molecular formula is C31H37BrF5N3O6S. The molecule has 260 valence electrons. The van der Waals surface area contributed by atoms with Crippen LogP contribution in [0.1, 0.15) is 63.4 Å². The number of aliphatic carboxylic acids is 1. The molecule has 47 heavy (non-hydrogen) atoms. The molecule has 2 heterocycles. The van der Waals surface area contributed by atoms with Crippen molar-refractivity contribution in [3.8, 4) is 5.75 Å². The van der Waals surface area contributed by atoms with Gasteiger partial charge in [0.1, 0.15) is 5.75 Å². The van der Waals surface area contributed by atoms with Crippen molar-refractivity contribution < 1.29 is 49.8 Å². The second-order valence-corrected chi connectivity index (χ2v) is 14.8. The highest BCUT2D eigenvalue weighted by molar-refractivity contribution is 9.10. The van der Waals surface area contributed by atoms with Crippen LogP contribution in [-0.4, -0.2) is 67.3 Å². The van der Waals surface area contributed by atoms with Crippen molar-refractivity contribution in [2.24, 2.45) is 11.7 Å². The molecule has 2 aromatic rings. The van der Waals surface area contributed by atoms with Gasteiger partial charge in [0.15, 0.2) is 6.04 Å². The number of hydrogen-bond acceptors (Lipinski definition) is 6. The molecule has 3 atom stereocenters. The van der Waals surface area contributed by atoms with Gasteiger partial charge in [0, 0.05) is 28.2 Å². The first-order valence-electron chi connectivity index (χ1n) is 15.3. The van der Waals surface area contributed by atoms with E-state index in [4.69, 9.17) is 20.4 Å². The van der Waals surface area contributed by atoms with Gasteiger partial charge in [-0.2, -0.15) is 26.7 Å². The number of carbonyl (C=O) groups excluding carboxylic acids is 1. The summed E-state index contributed by atoms with van der Waals surface area (Å²) in [6, 6.07) is 7.95. The maximum absolute atomic E-state index is 16.1. The third kappa shape index (κ3) is 9.42. The van der Waals surface area contributed by atoms with Gasteiger partial charge in [-0.05, 0) is 80.8 Å². The molecular weight excluding hydrogens is 717 g/mol. The number of rotatable bonds is 9. The van der Waals surface area contributed by atoms with Crippen molar-refractivity contribution in [3.05, 3.63) is 58.6 Å². The average molecular weight is 755 g/mol. The Hall–Kier alpha value is -2.82. The van der Waals surface area contributed by atoms with E-state index in [9.17, 15) is 26.4 Å². The zero-order valence-corrected chi connectivity index (χ0v) is 27.7. The number of carboxylic acids is 1. The minimum absolute atomic E-state index is 0.109. The van der Waals surface area contributed by atoms with Crippen LogP contribution in [0, 0.1) is 5.92 Å². The number of nitrogens with one attached hydrogen (secondary N) is 1. The third-order valence-electron chi connectivity index (χ3n) is 8.72. The molecule has 9 nitrogen and oxygen atoms in total. The van der Waals surface area contributed by atoms with Gasteiger partial charge in [-0.15, -0.1) is 0 Å². The molecule has 1 saturated carbocycles. The lowest BCUT2D eigenvalue weighted by molar-refractivity contribution is -0.192. The Morgan fingerprint density at radius 2 is 1.47 bits per heavy atom. The molecule has 1 aliphatic carbocycles. The van der Waals surface area contributed by atoms with E-state index in [1.807, 2.05) is 0 Å². The monoisotopic (exact) mass is 753 g/mol. The molecule has 4 N–H and O–H groups in total. The van der Waals surface area contributed by atoms with Crippen molar-refractivity contribution >= 4 is 37.8 Å². The van der Waals surface area contributed by atoms with Crippen molar-refractivity contribution in [2.45, 2.75) is 98.9 Å². The highest BCUT2D eigenvalue weighted by Gasteiger charge is 2.53. The van der Waals surface area contributed by atoms with E-state index in [-0.39, 0.29) is 23.0 Å². The number of amides is 1. The molecule has 0 radical (unpaired) electrons. The predicted molar refractivity (Wildman–Crippen MR) is 165 cm³/mol. The molecule has 3 unspecified atom stereocenters. The summed E-state index contributed by atoms with van der Waals surface area (Å²) in [5.41, 5.74) is 5.67. The van der Waals surface area contributed by atoms with Crippen LogP contribution in [0.4, 0.5) is 22.0 Å². The summed E-state index contributed by atoms with van der Waals surface area (Å²) in [4.78, 5) is 23.9. The van der Waals surface area contributed by atoms with Crippen molar-refractivity contribution in [3.63, 3.8) is 0 Å². The zero-order valence-electron chi connectivity index (χ0n) is 25.3. The van der Waals surface area contributed by atoms with Gasteiger partial charge >= 0.3 is 12.1 Å². The third-order valence-corrected chi connectivity index (χ3v) is 10.7. The first-order valence-corrected chi connectivity index (χ1v) is 17.5. The average Bonchev–Trinajstić information content (AvgIpc) is 3.29. The molecule has 16 heteroatoms. The lowest BCUT2D eigenvalue weighted by Crippen LogP contribution is -2.60. The molecule has 2 aromatic carbocycles. The van der Waals surface area contributed by atoms with Gasteiger partial charge in [0.25, 0.3) is 5.92 Å². The van der Waals surface area contributed by atoms with Crippen LogP contribution in [0.2, 0.25) is 0 Å². The fourth-order valence-corrected chi connectivity index (χ4v) is 7.81. The second-order valence-electron chi connectivity index (χ2n) is 12.1. The first kappa shape index (κ1) is 37.0. The molecule has 5 rings (SSSR count). The Bertz CT molecular complexity index is 1470. The van der Waals surface area contributed by atoms with E-state index < -0.39 is 45.6 Å². The number of piperidine rings is 1. The molecule has 0 aromatic heterocycles. The largest absolute Gasteiger partial charge is 0.493 e. The quantitative estimate of drug-likeness (QED) is 0.269. The van der Waals surface area contributed by atoms with E-state index in [0.29, 0.717) is 48.4 Å². The van der Waals surface area contributed by atoms with E-state index in [1.165, 1.54) is 72.7 Å². The van der Waals surface area contributed by atoms with Crippen molar-refractivity contribution in [2.75, 3.05) is 6.61 Å². The second kappa shape index (κ2) is 15.2. The number of nitrogens with two attached hydrogens (primary N) is 1. The van der Waals surface area contributed by atoms with Crippen LogP contribution in [0.15, 0.2) is 57.9 Å². The number of sulfonamides is 1. The number of halogens is 6. The highest BCUT2D eigenvalue weighted by atomic mass is 79.9. The van der Waals surface area contributed by atoms with Gasteiger partial charge in [-0.3, -0.25) is 4.79 Å². The summed E-state index contributed by atoms with van der Waals surface area (Å²) < 4.78 is 99.3. The minimum Gasteiger partial charge on any atom is -0.493 e. The van der Waals surface area contributed by atoms with Crippen LogP contribution in [0.3, 0.4) is 0 Å². The maximum atomic E-state index is 16.1. The maximum Gasteiger partial charge on any atom is 0.490 e. The molecule has 2 saturated heterocycles. The van der Waals surface area contributed by atoms with Gasteiger partial charge in [0.2, 0.25) is 15.9 Å². The minimum atomic E-state index is -5.08. The first-order chi connectivity index (χ1) is 22.0. The number of nitrogens with zero attached hydrogens (tertiary/aromatic N) is 1. The molecule has 3 aliphatic rings. The lowest BCUT2D eigenvalue weighted by atomic mass is 9.90. The van der Waals surface area contributed by atoms with Gasteiger partial charge in [-0.1, -0.05) is 47.3 Å². The summed E-state index contributed by atoms with van der Waals surface area (Å²) >= 11 is 3.24. The van der Waals surface area contributed by atoms with Crippen LogP contribution in [-0.2, 0) is 25.5 Å². The van der Waals surface area contributed by atoms with E-state index in [0.717, 1.165) is 12.8 Å². The number of benzene rings is 2. The number of carbonyl (C=O) groups is 2. The summed E-state index contributed by atoms with van der Waals surface area (Å²) in [5.74, 6) is -6.51. The Labute approximate surface area is 278 Å². The Balaban J connectivity index is 0.000000644. The van der Waals surface area contributed by atoms with Crippen LogP contribution in [0.25, 0.3) is 0 Å². The molecule has 2 aliphatic heterocycles. The van der Waals surface area contributed by atoms with E-state index >= 15 is 8.78 Å². The van der Waals surface area contributed by atoms with Gasteiger partial charge in [-0.25, -0.2) is 13.2 Å². The van der Waals surface area contributed by atoms with E-state index in [2.05, 4.69) is 20.7 Å². The fourth-order valence-electron chi connectivity index (χ4n) is 6.35. The standard InChI is InChI=1S/C29H36BrF2N3O4S.C2HF3O2/c30-21-8-6-20(7-9-21)29(31,32)27(28(36)35-23-10-11-24(35)17-22(33)16-23)34-40(37,38)26-14-12-25(13-15-26)39-18-19-4-2-1-3-5-19;3-2(4,5)1(6)7/h6-9,12-15,19,22-24,27,34H,1-5,10-11,16-18,33H2;(H,6,7). The summed E-state index contributed by atoms with van der Waals surface area (Å²) in [5, 5.41) is 7.12. The highest BCUT2D eigenvalue weighted by Crippen LogP contribution is 2.40. The number of carboxylic acid groups (broad SMARTS) is 1. The summed E-state index contributed by atoms with van der Waals surface area (Å²) in [6.45, 7) is 0.558. The Morgan fingerprint density at radius 1 is 0.936 bits per heavy atom. The van der Waals surface area contributed by atoms with Gasteiger partial charge < -0.3 is 20.5 Å². The molecule has 2 bridgehead atoms. The zero-order chi connectivity index (χ0) is 34.6. The molecule has 0 spiro atoms. The number of fused-ring (bicyclic) bond motifs is 2. The lowest BCUT2D eigenvalue weighted by Gasteiger charge is -2.41. The van der Waals surface area contributed by atoms with Crippen LogP contribution < -0.4 is 15.2 Å². The van der Waals surface area contributed by atoms with Crippen LogP contribution >= 0.6 is 15.9 Å². The SMILES string of the molecule is NC1CC2CCC(C1)N2C(=O)C(NS(=O)(=O)c1ccc(OCC2CCCCC2)cc1)C(F)(F)c1ccc(Br)cc1.O=C(O)C(F)(F)F. The summed E-state index contributed by atoms with van der Waals surface area (Å²) in [6.07, 6.45) is 3.10. The Morgan fingerprint density at radius 3 is 1.98 bits per heavy atom. The summed E-state index contributed by atoms with van der Waals surface area (Å²) in [7, 11) is -4.49. The molecule has 3 fully saturated rings. The smallest absolute Gasteiger partial charge is 0.490 e. The van der Waals surface area contributed by atoms with E-state index in [1.54, 1.807) is 0 Å². The van der Waals surface area contributed by atoms with Crippen LogP contribution in [0.5, 0.6) is 5.75 Å².